The molecule has 3 rings (SSSR count). The van der Waals surface area contributed by atoms with Crippen molar-refractivity contribution in [3.8, 4) is 0 Å². The SMILES string of the molecule is CCSC1CCCC1Nc1cc(N2CCCCC2)ncn1. The smallest absolute Gasteiger partial charge is 0.134 e. The number of rotatable bonds is 5. The van der Waals surface area contributed by atoms with Crippen LogP contribution in [0, 0.1) is 0 Å². The summed E-state index contributed by atoms with van der Waals surface area (Å²) in [6.07, 6.45) is 9.56. The molecule has 1 saturated carbocycles. The van der Waals surface area contributed by atoms with Crippen LogP contribution in [-0.4, -0.2) is 40.1 Å². The highest BCUT2D eigenvalue weighted by Crippen LogP contribution is 2.32. The Labute approximate surface area is 132 Å². The maximum Gasteiger partial charge on any atom is 0.134 e. The van der Waals surface area contributed by atoms with Crippen molar-refractivity contribution in [2.24, 2.45) is 0 Å². The van der Waals surface area contributed by atoms with Crippen LogP contribution in [0.4, 0.5) is 11.6 Å². The summed E-state index contributed by atoms with van der Waals surface area (Å²) >= 11 is 2.08. The van der Waals surface area contributed by atoms with Crippen LogP contribution in [0.15, 0.2) is 12.4 Å². The zero-order valence-electron chi connectivity index (χ0n) is 12.9. The number of piperidine rings is 1. The van der Waals surface area contributed by atoms with E-state index >= 15 is 0 Å². The summed E-state index contributed by atoms with van der Waals surface area (Å²) in [6.45, 7) is 4.52. The molecule has 0 bridgehead atoms. The van der Waals surface area contributed by atoms with Gasteiger partial charge in [-0.3, -0.25) is 0 Å². The van der Waals surface area contributed by atoms with E-state index in [9.17, 15) is 0 Å². The van der Waals surface area contributed by atoms with Gasteiger partial charge in [0.05, 0.1) is 0 Å². The van der Waals surface area contributed by atoms with E-state index in [1.807, 2.05) is 0 Å². The molecule has 1 aromatic heterocycles. The van der Waals surface area contributed by atoms with Crippen molar-refractivity contribution in [2.75, 3.05) is 29.1 Å². The predicted octanol–water partition coefficient (Wildman–Crippen LogP) is 3.55. The van der Waals surface area contributed by atoms with E-state index in [1.165, 1.54) is 44.3 Å². The second-order valence-electron chi connectivity index (χ2n) is 5.98. The van der Waals surface area contributed by atoms with Gasteiger partial charge in [0, 0.05) is 30.4 Å². The first-order chi connectivity index (χ1) is 10.4. The van der Waals surface area contributed by atoms with Gasteiger partial charge in [0.1, 0.15) is 18.0 Å². The van der Waals surface area contributed by atoms with Crippen LogP contribution in [0.2, 0.25) is 0 Å². The molecule has 2 aliphatic rings. The maximum absolute atomic E-state index is 4.46. The predicted molar refractivity (Wildman–Crippen MR) is 91.3 cm³/mol. The van der Waals surface area contributed by atoms with Gasteiger partial charge in [0.2, 0.25) is 0 Å². The molecule has 2 atom stereocenters. The molecule has 2 heterocycles. The first-order valence-corrected chi connectivity index (χ1v) is 9.37. The molecule has 0 aromatic carbocycles. The highest BCUT2D eigenvalue weighted by molar-refractivity contribution is 7.99. The molecule has 1 saturated heterocycles. The first kappa shape index (κ1) is 14.9. The van der Waals surface area contributed by atoms with E-state index in [0.717, 1.165) is 30.0 Å². The van der Waals surface area contributed by atoms with Crippen molar-refractivity contribution in [1.29, 1.82) is 0 Å². The molecule has 1 aliphatic heterocycles. The Balaban J connectivity index is 1.65. The van der Waals surface area contributed by atoms with Gasteiger partial charge in [-0.25, -0.2) is 9.97 Å². The lowest BCUT2D eigenvalue weighted by Crippen LogP contribution is -2.31. The fourth-order valence-corrected chi connectivity index (χ4v) is 4.61. The lowest BCUT2D eigenvalue weighted by molar-refractivity contribution is 0.573. The molecule has 0 radical (unpaired) electrons. The topological polar surface area (TPSA) is 41.0 Å². The number of nitrogens with one attached hydrogen (secondary N) is 1. The Kier molecular flexibility index (Phi) is 5.22. The van der Waals surface area contributed by atoms with Gasteiger partial charge in [-0.15, -0.1) is 0 Å². The van der Waals surface area contributed by atoms with Crippen LogP contribution >= 0.6 is 11.8 Å². The highest BCUT2D eigenvalue weighted by atomic mass is 32.2. The van der Waals surface area contributed by atoms with Crippen LogP contribution in [-0.2, 0) is 0 Å². The fourth-order valence-electron chi connectivity index (χ4n) is 3.42. The summed E-state index contributed by atoms with van der Waals surface area (Å²) in [7, 11) is 0. The molecule has 2 unspecified atom stereocenters. The minimum atomic E-state index is 0.569. The molecule has 1 aromatic rings. The van der Waals surface area contributed by atoms with E-state index in [1.54, 1.807) is 6.33 Å². The minimum absolute atomic E-state index is 0.569. The molecule has 5 heteroatoms. The quantitative estimate of drug-likeness (QED) is 0.901. The van der Waals surface area contributed by atoms with Crippen LogP contribution in [0.1, 0.15) is 45.4 Å². The first-order valence-electron chi connectivity index (χ1n) is 8.32. The summed E-state index contributed by atoms with van der Waals surface area (Å²) in [4.78, 5) is 11.3. The van der Waals surface area contributed by atoms with Crippen molar-refractivity contribution >= 4 is 23.4 Å². The summed E-state index contributed by atoms with van der Waals surface area (Å²) in [5.41, 5.74) is 0. The van der Waals surface area contributed by atoms with Gasteiger partial charge < -0.3 is 10.2 Å². The van der Waals surface area contributed by atoms with E-state index in [0.29, 0.717) is 6.04 Å². The Morgan fingerprint density at radius 1 is 1.19 bits per heavy atom. The molecular formula is C16H26N4S. The van der Waals surface area contributed by atoms with Crippen molar-refractivity contribution in [3.05, 3.63) is 12.4 Å². The van der Waals surface area contributed by atoms with Crippen molar-refractivity contribution in [2.45, 2.75) is 56.7 Å². The van der Waals surface area contributed by atoms with Gasteiger partial charge in [-0.2, -0.15) is 11.8 Å². The van der Waals surface area contributed by atoms with E-state index in [-0.39, 0.29) is 0 Å². The summed E-state index contributed by atoms with van der Waals surface area (Å²) in [5.74, 6) is 3.29. The number of hydrogen-bond donors (Lipinski definition) is 1. The number of nitrogens with zero attached hydrogens (tertiary/aromatic N) is 3. The molecule has 1 aliphatic carbocycles. The van der Waals surface area contributed by atoms with Gasteiger partial charge in [0.15, 0.2) is 0 Å². The summed E-state index contributed by atoms with van der Waals surface area (Å²) in [6, 6.07) is 2.70. The van der Waals surface area contributed by atoms with E-state index in [4.69, 9.17) is 0 Å². The van der Waals surface area contributed by atoms with Crippen LogP contribution < -0.4 is 10.2 Å². The van der Waals surface area contributed by atoms with Gasteiger partial charge >= 0.3 is 0 Å². The van der Waals surface area contributed by atoms with Gasteiger partial charge in [-0.1, -0.05) is 13.3 Å². The highest BCUT2D eigenvalue weighted by Gasteiger charge is 2.27. The van der Waals surface area contributed by atoms with Gasteiger partial charge in [-0.05, 0) is 37.9 Å². The third-order valence-electron chi connectivity index (χ3n) is 4.50. The Morgan fingerprint density at radius 2 is 2.05 bits per heavy atom. The zero-order valence-corrected chi connectivity index (χ0v) is 13.7. The fraction of sp³-hybridized carbons (Fsp3) is 0.750. The standard InChI is InChI=1S/C16H26N4S/c1-2-21-14-8-6-7-13(14)19-15-11-16(18-12-17-15)20-9-4-3-5-10-20/h11-14H,2-10H2,1H3,(H,17,18,19). The molecule has 0 spiro atoms. The summed E-state index contributed by atoms with van der Waals surface area (Å²) < 4.78 is 0. The largest absolute Gasteiger partial charge is 0.366 e. The van der Waals surface area contributed by atoms with Crippen molar-refractivity contribution in [3.63, 3.8) is 0 Å². The molecular weight excluding hydrogens is 280 g/mol. The van der Waals surface area contributed by atoms with Crippen LogP contribution in [0.3, 0.4) is 0 Å². The second-order valence-corrected chi connectivity index (χ2v) is 7.50. The van der Waals surface area contributed by atoms with Gasteiger partial charge in [0.25, 0.3) is 0 Å². The Bertz CT molecular complexity index is 448. The average molecular weight is 306 g/mol. The maximum atomic E-state index is 4.46. The molecule has 1 N–H and O–H groups in total. The normalized spacial score (nSPS) is 26.0. The van der Waals surface area contributed by atoms with Crippen LogP contribution in [0.25, 0.3) is 0 Å². The molecule has 2 fully saturated rings. The number of hydrogen-bond acceptors (Lipinski definition) is 5. The Hall–Kier alpha value is -0.970. The molecule has 0 amide bonds. The van der Waals surface area contributed by atoms with E-state index < -0.39 is 0 Å². The van der Waals surface area contributed by atoms with E-state index in [2.05, 4.69) is 44.9 Å². The second kappa shape index (κ2) is 7.34. The lowest BCUT2D eigenvalue weighted by atomic mass is 10.1. The Morgan fingerprint density at radius 3 is 2.86 bits per heavy atom. The molecule has 21 heavy (non-hydrogen) atoms. The lowest BCUT2D eigenvalue weighted by Gasteiger charge is -2.28. The zero-order chi connectivity index (χ0) is 14.5. The number of thioether (sulfide) groups is 1. The molecule has 116 valence electrons. The third-order valence-corrected chi connectivity index (χ3v) is 5.82. The van der Waals surface area contributed by atoms with Crippen molar-refractivity contribution < 1.29 is 0 Å². The van der Waals surface area contributed by atoms with Crippen LogP contribution in [0.5, 0.6) is 0 Å². The third kappa shape index (κ3) is 3.82. The average Bonchev–Trinajstić information content (AvgIpc) is 2.96. The number of anilines is 2. The molecule has 4 nitrogen and oxygen atoms in total. The van der Waals surface area contributed by atoms with Crippen molar-refractivity contribution in [1.82, 2.24) is 9.97 Å². The summed E-state index contributed by atoms with van der Waals surface area (Å²) in [5, 5.41) is 4.40. The minimum Gasteiger partial charge on any atom is -0.366 e. The monoisotopic (exact) mass is 306 g/mol. The number of aromatic nitrogens is 2.